The van der Waals surface area contributed by atoms with Crippen molar-refractivity contribution in [2.24, 2.45) is 11.8 Å². The lowest BCUT2D eigenvalue weighted by molar-refractivity contribution is 0.709. The third-order valence-corrected chi connectivity index (χ3v) is 14.7. The quantitative estimate of drug-likeness (QED) is 0.160. The van der Waals surface area contributed by atoms with E-state index in [1.165, 1.54) is 77.3 Å². The molecular weight excluding hydrogens is 853 g/mol. The molecule has 334 valence electrons. The maximum Gasteiger partial charge on any atom is 0.168 e. The lowest BCUT2D eigenvalue weighted by Gasteiger charge is -2.24. The molecule has 2 unspecified atom stereocenters. The fourth-order valence-corrected chi connectivity index (χ4v) is 11.8. The van der Waals surface area contributed by atoms with Gasteiger partial charge in [0.1, 0.15) is 0 Å². The molecule has 6 nitrogen and oxygen atoms in total. The zero-order valence-electron chi connectivity index (χ0n) is 39.0. The first-order valence-corrected chi connectivity index (χ1v) is 24.5. The molecule has 2 aliphatic rings. The number of rotatable bonds is 7. The van der Waals surface area contributed by atoms with Crippen LogP contribution < -0.4 is 0 Å². The van der Waals surface area contributed by atoms with E-state index in [4.69, 9.17) is 10.2 Å². The summed E-state index contributed by atoms with van der Waals surface area (Å²) in [4.78, 5) is 0. The molecule has 0 saturated carbocycles. The number of fused-ring (bicyclic) bond motifs is 10. The number of para-hydroxylation sites is 4. The molecule has 4 heterocycles. The zero-order valence-corrected chi connectivity index (χ0v) is 39.0. The summed E-state index contributed by atoms with van der Waals surface area (Å²) in [5, 5.41) is 16.0. The molecule has 0 saturated heterocycles. The summed E-state index contributed by atoms with van der Waals surface area (Å²) in [6.45, 7) is 4.72. The molecule has 0 bridgehead atoms. The minimum absolute atomic E-state index is 0.299. The number of aromatic nitrogens is 6. The standard InChI is InChI=1S/C64H48N6/c1-41-30-34-58-54(38-41)61-59(35-33-53-51-26-14-16-28-56(51)68(62(53)61)46-22-10-5-11-23-46)67(58)48-37-42(2)36-45(39-48)49-24-12-15-27-55(49)70-57-29-17-13-25-50(57)52-32-31-47(40-60(52)70)69-63(43-18-6-3-7-19-43)65-66-64(69)44-20-8-4-9-21-44/h3-36,39-42H,37-38H2,1-2H3. The van der Waals surface area contributed by atoms with Gasteiger partial charge < -0.3 is 13.7 Å². The maximum atomic E-state index is 4.83. The van der Waals surface area contributed by atoms with Gasteiger partial charge in [-0.25, -0.2) is 0 Å². The van der Waals surface area contributed by atoms with Gasteiger partial charge in [0.25, 0.3) is 0 Å². The lowest BCUT2D eigenvalue weighted by atomic mass is 9.90. The third-order valence-electron chi connectivity index (χ3n) is 14.7. The Balaban J connectivity index is 0.974. The lowest BCUT2D eigenvalue weighted by Crippen LogP contribution is -2.11. The van der Waals surface area contributed by atoms with Crippen LogP contribution in [0.5, 0.6) is 0 Å². The Morgan fingerprint density at radius 3 is 1.79 bits per heavy atom. The summed E-state index contributed by atoms with van der Waals surface area (Å²) in [5.41, 5.74) is 17.9. The van der Waals surface area contributed by atoms with E-state index < -0.39 is 0 Å². The maximum absolute atomic E-state index is 4.83. The van der Waals surface area contributed by atoms with Crippen LogP contribution in [0.25, 0.3) is 112 Å². The van der Waals surface area contributed by atoms with E-state index in [-0.39, 0.29) is 0 Å². The molecule has 6 heteroatoms. The van der Waals surface area contributed by atoms with E-state index in [2.05, 4.69) is 238 Å². The highest BCUT2D eigenvalue weighted by Crippen LogP contribution is 2.46. The Hall–Kier alpha value is -8.74. The number of hydrogen-bond donors (Lipinski definition) is 0. The number of allylic oxidation sites excluding steroid dienone is 5. The van der Waals surface area contributed by atoms with Gasteiger partial charge in [0.05, 0.1) is 39.0 Å². The minimum atomic E-state index is 0.299. The van der Waals surface area contributed by atoms with Gasteiger partial charge in [-0.2, -0.15) is 0 Å². The molecule has 0 N–H and O–H groups in total. The van der Waals surface area contributed by atoms with Gasteiger partial charge in [0.15, 0.2) is 11.6 Å². The van der Waals surface area contributed by atoms with Crippen LogP contribution in [0.2, 0.25) is 0 Å². The summed E-state index contributed by atoms with van der Waals surface area (Å²) in [6, 6.07) is 69.9. The van der Waals surface area contributed by atoms with Crippen molar-refractivity contribution in [3.8, 4) is 39.8 Å². The number of benzene rings is 8. The zero-order chi connectivity index (χ0) is 46.5. The predicted molar refractivity (Wildman–Crippen MR) is 291 cm³/mol. The van der Waals surface area contributed by atoms with E-state index in [0.29, 0.717) is 11.8 Å². The van der Waals surface area contributed by atoms with Crippen molar-refractivity contribution in [1.29, 1.82) is 0 Å². The molecule has 12 aromatic rings. The molecule has 14 rings (SSSR count). The number of hydrogen-bond acceptors (Lipinski definition) is 2. The highest BCUT2D eigenvalue weighted by molar-refractivity contribution is 6.20. The molecule has 0 fully saturated rings. The van der Waals surface area contributed by atoms with Crippen molar-refractivity contribution < 1.29 is 0 Å². The minimum Gasteiger partial charge on any atom is -0.313 e. The van der Waals surface area contributed by atoms with Crippen molar-refractivity contribution in [2.45, 2.75) is 26.7 Å². The summed E-state index contributed by atoms with van der Waals surface area (Å²) >= 11 is 0. The van der Waals surface area contributed by atoms with Gasteiger partial charge in [0.2, 0.25) is 0 Å². The Morgan fingerprint density at radius 2 is 1.06 bits per heavy atom. The van der Waals surface area contributed by atoms with E-state index in [1.807, 2.05) is 12.1 Å². The average molecular weight is 901 g/mol. The average Bonchev–Trinajstić information content (AvgIpc) is 4.17. The summed E-state index contributed by atoms with van der Waals surface area (Å²) < 4.78 is 9.79. The first-order chi connectivity index (χ1) is 34.6. The molecule has 2 atom stereocenters. The summed E-state index contributed by atoms with van der Waals surface area (Å²) in [5.74, 6) is 2.33. The van der Waals surface area contributed by atoms with Crippen molar-refractivity contribution >= 4 is 71.9 Å². The van der Waals surface area contributed by atoms with Crippen LogP contribution in [0.15, 0.2) is 212 Å². The molecule has 4 aromatic heterocycles. The topological polar surface area (TPSA) is 45.5 Å². The largest absolute Gasteiger partial charge is 0.313 e. The van der Waals surface area contributed by atoms with Crippen molar-refractivity contribution in [3.05, 3.63) is 229 Å². The van der Waals surface area contributed by atoms with Crippen LogP contribution in [0.3, 0.4) is 0 Å². The van der Waals surface area contributed by atoms with Gasteiger partial charge in [0, 0.05) is 60.7 Å². The van der Waals surface area contributed by atoms with Gasteiger partial charge in [-0.1, -0.05) is 172 Å². The van der Waals surface area contributed by atoms with Crippen molar-refractivity contribution in [3.63, 3.8) is 0 Å². The third kappa shape index (κ3) is 6.19. The molecule has 0 aliphatic heterocycles. The second kappa shape index (κ2) is 15.9. The highest BCUT2D eigenvalue weighted by atomic mass is 15.3. The smallest absolute Gasteiger partial charge is 0.168 e. The first-order valence-electron chi connectivity index (χ1n) is 24.5. The van der Waals surface area contributed by atoms with Crippen LogP contribution in [0.4, 0.5) is 0 Å². The van der Waals surface area contributed by atoms with Crippen LogP contribution in [0, 0.1) is 11.8 Å². The second-order valence-corrected chi connectivity index (χ2v) is 19.2. The molecule has 0 radical (unpaired) electrons. The highest BCUT2D eigenvalue weighted by Gasteiger charge is 2.29. The fourth-order valence-electron chi connectivity index (χ4n) is 11.8. The monoisotopic (exact) mass is 900 g/mol. The summed E-state index contributed by atoms with van der Waals surface area (Å²) in [6.07, 6.45) is 11.7. The van der Waals surface area contributed by atoms with Gasteiger partial charge >= 0.3 is 0 Å². The van der Waals surface area contributed by atoms with Crippen LogP contribution in [-0.2, 0) is 6.42 Å². The molecule has 8 aromatic carbocycles. The van der Waals surface area contributed by atoms with Crippen molar-refractivity contribution in [1.82, 2.24) is 28.5 Å². The molecule has 0 spiro atoms. The second-order valence-electron chi connectivity index (χ2n) is 19.2. The van der Waals surface area contributed by atoms with E-state index in [0.717, 1.165) is 58.0 Å². The Labute approximate surface area is 406 Å². The molecule has 2 aliphatic carbocycles. The fraction of sp³-hybridized carbons (Fsp3) is 0.0938. The van der Waals surface area contributed by atoms with Crippen LogP contribution in [-0.4, -0.2) is 28.5 Å². The Bertz CT molecular complexity index is 4080. The number of nitrogens with zero attached hydrogens (tertiary/aromatic N) is 6. The van der Waals surface area contributed by atoms with Crippen molar-refractivity contribution in [2.75, 3.05) is 0 Å². The Morgan fingerprint density at radius 1 is 0.457 bits per heavy atom. The van der Waals surface area contributed by atoms with Gasteiger partial charge in [-0.15, -0.1) is 10.2 Å². The predicted octanol–water partition coefficient (Wildman–Crippen LogP) is 15.9. The SMILES string of the molecule is CC1C=C(c2ccccc2-n2c3ccccc3c3ccc(-n4c(-c5ccccc5)nnc4-c4ccccc4)cc32)C=C(n2c3c(c4c2ccc2c5ccccc5n(-c5ccccc5)c24)CC(C)C=C3)C1. The van der Waals surface area contributed by atoms with Gasteiger partial charge in [-0.3, -0.25) is 4.57 Å². The molecule has 0 amide bonds. The van der Waals surface area contributed by atoms with Crippen LogP contribution in [0.1, 0.15) is 37.1 Å². The summed E-state index contributed by atoms with van der Waals surface area (Å²) in [7, 11) is 0. The molecule has 70 heavy (non-hydrogen) atoms. The Kier molecular flexibility index (Phi) is 9.18. The normalized spacial score (nSPS) is 15.9. The first kappa shape index (κ1) is 40.3. The van der Waals surface area contributed by atoms with Gasteiger partial charge in [-0.05, 0) is 96.5 Å². The van der Waals surface area contributed by atoms with E-state index >= 15 is 0 Å². The molecular formula is C64H48N6. The van der Waals surface area contributed by atoms with Crippen LogP contribution >= 0.6 is 0 Å². The van der Waals surface area contributed by atoms with E-state index in [9.17, 15) is 0 Å². The van der Waals surface area contributed by atoms with E-state index in [1.54, 1.807) is 0 Å².